The lowest BCUT2D eigenvalue weighted by molar-refractivity contribution is -0.144. The number of ether oxygens (including phenoxy) is 1. The van der Waals surface area contributed by atoms with E-state index in [9.17, 15) is 19.1 Å². The number of hydrogen-bond acceptors (Lipinski definition) is 5. The number of thiophene rings is 1. The van der Waals surface area contributed by atoms with Crippen molar-refractivity contribution in [2.75, 3.05) is 6.54 Å². The highest BCUT2D eigenvalue weighted by Crippen LogP contribution is 2.36. The maximum absolute atomic E-state index is 14.1. The van der Waals surface area contributed by atoms with Gasteiger partial charge < -0.3 is 9.84 Å². The first-order valence-electron chi connectivity index (χ1n) is 8.03. The smallest absolute Gasteiger partial charge is 0.325 e. The molecule has 132 valence electrons. The highest BCUT2D eigenvalue weighted by atomic mass is 32.1. The topological polar surface area (TPSA) is 66.8 Å². The summed E-state index contributed by atoms with van der Waals surface area (Å²) in [7, 11) is 0. The van der Waals surface area contributed by atoms with Crippen molar-refractivity contribution in [2.24, 2.45) is 0 Å². The van der Waals surface area contributed by atoms with E-state index in [1.807, 2.05) is 0 Å². The molecule has 0 fully saturated rings. The number of carbonyl (C=O) groups excluding carboxylic acids is 1. The second-order valence-electron chi connectivity index (χ2n) is 5.82. The van der Waals surface area contributed by atoms with Gasteiger partial charge in [0.05, 0.1) is 0 Å². The van der Waals surface area contributed by atoms with Crippen LogP contribution in [0.1, 0.15) is 35.4 Å². The van der Waals surface area contributed by atoms with E-state index in [2.05, 4.69) is 0 Å². The molecule has 0 radical (unpaired) electrons. The van der Waals surface area contributed by atoms with Gasteiger partial charge in [-0.25, -0.2) is 4.39 Å². The van der Waals surface area contributed by atoms with Crippen LogP contribution in [-0.2, 0) is 22.6 Å². The molecule has 0 saturated carbocycles. The number of esters is 1. The lowest BCUT2D eigenvalue weighted by Gasteiger charge is -2.32. The molecule has 1 aliphatic rings. The van der Waals surface area contributed by atoms with Crippen LogP contribution < -0.4 is 4.74 Å². The number of hydrogen-bond donors (Lipinski definition) is 1. The summed E-state index contributed by atoms with van der Waals surface area (Å²) in [6, 6.07) is 6.69. The maximum Gasteiger partial charge on any atom is 0.325 e. The van der Waals surface area contributed by atoms with Crippen molar-refractivity contribution in [3.63, 3.8) is 0 Å². The monoisotopic (exact) mass is 363 g/mol. The molecular weight excluding hydrogens is 345 g/mol. The summed E-state index contributed by atoms with van der Waals surface area (Å²) < 4.78 is 19.3. The molecule has 1 aromatic carbocycles. The number of fused-ring (bicyclic) bond motifs is 1. The molecular formula is C18H18FNO4S. The van der Waals surface area contributed by atoms with Crippen LogP contribution in [-0.4, -0.2) is 28.5 Å². The zero-order chi connectivity index (χ0) is 18.0. The molecule has 1 N–H and O–H groups in total. The summed E-state index contributed by atoms with van der Waals surface area (Å²) >= 11 is 1.41. The first-order valence-corrected chi connectivity index (χ1v) is 8.84. The largest absolute Gasteiger partial charge is 0.480 e. The molecule has 0 amide bonds. The standard InChI is InChI=1S/C18H18FNO4S/c1-2-15(21)24-16-9-11-10-20(8-7-14(11)25-16)17(18(22)23)12-5-3-4-6-13(12)19/h3-6,9,17H,2,7-8,10H2,1H3,(H,22,23)/t17-/m0/s1. The fourth-order valence-electron chi connectivity index (χ4n) is 2.97. The lowest BCUT2D eigenvalue weighted by atomic mass is 10.0. The third kappa shape index (κ3) is 3.72. The predicted octanol–water partition coefficient (Wildman–Crippen LogP) is 3.39. The van der Waals surface area contributed by atoms with Gasteiger partial charge in [0.15, 0.2) is 5.06 Å². The molecule has 2 heterocycles. The molecule has 7 heteroatoms. The number of rotatable bonds is 5. The van der Waals surface area contributed by atoms with Gasteiger partial charge in [-0.2, -0.15) is 0 Å². The van der Waals surface area contributed by atoms with Crippen molar-refractivity contribution < 1.29 is 23.8 Å². The molecule has 3 rings (SSSR count). The van der Waals surface area contributed by atoms with Gasteiger partial charge in [-0.3, -0.25) is 14.5 Å². The molecule has 2 aromatic rings. The maximum atomic E-state index is 14.1. The number of aliphatic carboxylic acids is 1. The predicted molar refractivity (Wildman–Crippen MR) is 91.1 cm³/mol. The minimum Gasteiger partial charge on any atom is -0.480 e. The van der Waals surface area contributed by atoms with E-state index in [0.717, 1.165) is 10.4 Å². The van der Waals surface area contributed by atoms with Crippen LogP contribution in [0.2, 0.25) is 0 Å². The second-order valence-corrected chi connectivity index (χ2v) is 6.92. The van der Waals surface area contributed by atoms with Gasteiger partial charge in [0.2, 0.25) is 0 Å². The van der Waals surface area contributed by atoms with E-state index < -0.39 is 17.8 Å². The van der Waals surface area contributed by atoms with Crippen LogP contribution in [0, 0.1) is 5.82 Å². The zero-order valence-corrected chi connectivity index (χ0v) is 14.5. The number of carbonyl (C=O) groups is 2. The number of halogens is 1. The number of benzene rings is 1. The van der Waals surface area contributed by atoms with Gasteiger partial charge in [0, 0.05) is 30.0 Å². The first kappa shape index (κ1) is 17.6. The van der Waals surface area contributed by atoms with E-state index in [-0.39, 0.29) is 11.5 Å². The molecule has 0 spiro atoms. The zero-order valence-electron chi connectivity index (χ0n) is 13.7. The van der Waals surface area contributed by atoms with Gasteiger partial charge >= 0.3 is 11.9 Å². The van der Waals surface area contributed by atoms with E-state index in [0.29, 0.717) is 31.0 Å². The molecule has 1 aliphatic heterocycles. The Morgan fingerprint density at radius 3 is 2.84 bits per heavy atom. The van der Waals surface area contributed by atoms with Gasteiger partial charge in [0.1, 0.15) is 11.9 Å². The molecule has 5 nitrogen and oxygen atoms in total. The van der Waals surface area contributed by atoms with Crippen molar-refractivity contribution >= 4 is 23.3 Å². The van der Waals surface area contributed by atoms with E-state index >= 15 is 0 Å². The Kier molecular flexibility index (Phi) is 5.15. The van der Waals surface area contributed by atoms with Crippen LogP contribution in [0.25, 0.3) is 0 Å². The van der Waals surface area contributed by atoms with Crippen molar-refractivity contribution in [2.45, 2.75) is 32.4 Å². The summed E-state index contributed by atoms with van der Waals surface area (Å²) in [5.74, 6) is -1.91. The number of carboxylic acids is 1. The van der Waals surface area contributed by atoms with E-state index in [1.165, 1.54) is 23.5 Å². The fraction of sp³-hybridized carbons (Fsp3) is 0.333. The third-order valence-electron chi connectivity index (χ3n) is 4.18. The van der Waals surface area contributed by atoms with Gasteiger partial charge in [-0.05, 0) is 24.1 Å². The SMILES string of the molecule is CCC(=O)Oc1cc2c(s1)CCN([C@H](C(=O)O)c1ccccc1F)C2. The Morgan fingerprint density at radius 1 is 1.40 bits per heavy atom. The van der Waals surface area contributed by atoms with Crippen molar-refractivity contribution in [1.82, 2.24) is 4.90 Å². The van der Waals surface area contributed by atoms with Crippen LogP contribution in [0.4, 0.5) is 4.39 Å². The summed E-state index contributed by atoms with van der Waals surface area (Å²) in [6.45, 7) is 2.60. The third-order valence-corrected chi connectivity index (χ3v) is 5.29. The van der Waals surface area contributed by atoms with Crippen LogP contribution in [0.15, 0.2) is 30.3 Å². The van der Waals surface area contributed by atoms with Gasteiger partial charge in [-0.1, -0.05) is 25.1 Å². The van der Waals surface area contributed by atoms with E-state index in [1.54, 1.807) is 30.0 Å². The van der Waals surface area contributed by atoms with Gasteiger partial charge in [0.25, 0.3) is 0 Å². The molecule has 0 bridgehead atoms. The summed E-state index contributed by atoms with van der Waals surface area (Å²) in [6.07, 6.45) is 0.935. The normalized spacial score (nSPS) is 15.4. The quantitative estimate of drug-likeness (QED) is 0.825. The van der Waals surface area contributed by atoms with Gasteiger partial charge in [-0.15, -0.1) is 11.3 Å². The van der Waals surface area contributed by atoms with Crippen molar-refractivity contribution in [3.05, 3.63) is 52.2 Å². The minimum atomic E-state index is -1.08. The Labute approximate surface area is 148 Å². The number of carboxylic acid groups (broad SMARTS) is 1. The van der Waals surface area contributed by atoms with Crippen LogP contribution >= 0.6 is 11.3 Å². The van der Waals surface area contributed by atoms with E-state index in [4.69, 9.17) is 4.74 Å². The fourth-order valence-corrected chi connectivity index (χ4v) is 3.99. The summed E-state index contributed by atoms with van der Waals surface area (Å²) in [5, 5.41) is 10.2. The molecule has 1 aromatic heterocycles. The Bertz CT molecular complexity index is 804. The summed E-state index contributed by atoms with van der Waals surface area (Å²) in [5.41, 5.74) is 1.09. The molecule has 0 unspecified atom stereocenters. The summed E-state index contributed by atoms with van der Waals surface area (Å²) in [4.78, 5) is 26.0. The lowest BCUT2D eigenvalue weighted by Crippen LogP contribution is -2.38. The van der Waals surface area contributed by atoms with Crippen molar-refractivity contribution in [1.29, 1.82) is 0 Å². The Morgan fingerprint density at radius 2 is 2.16 bits per heavy atom. The molecule has 0 aliphatic carbocycles. The minimum absolute atomic E-state index is 0.159. The Hall–Kier alpha value is -2.25. The molecule has 0 saturated heterocycles. The average molecular weight is 363 g/mol. The van der Waals surface area contributed by atoms with Crippen LogP contribution in [0.3, 0.4) is 0 Å². The second kappa shape index (κ2) is 7.33. The first-order chi connectivity index (χ1) is 12.0. The molecule has 25 heavy (non-hydrogen) atoms. The van der Waals surface area contributed by atoms with Crippen LogP contribution in [0.5, 0.6) is 5.06 Å². The molecule has 1 atom stereocenters. The Balaban J connectivity index is 1.84. The highest BCUT2D eigenvalue weighted by molar-refractivity contribution is 7.14. The van der Waals surface area contributed by atoms with Crippen molar-refractivity contribution in [3.8, 4) is 5.06 Å². The highest BCUT2D eigenvalue weighted by Gasteiger charge is 2.33. The number of nitrogens with zero attached hydrogens (tertiary/aromatic N) is 1. The average Bonchev–Trinajstić information content (AvgIpc) is 2.98.